The van der Waals surface area contributed by atoms with Crippen LogP contribution in [0.15, 0.2) is 52.6 Å². The second kappa shape index (κ2) is 6.98. The number of sulfonamides is 1. The average Bonchev–Trinajstić information content (AvgIpc) is 3.31. The summed E-state index contributed by atoms with van der Waals surface area (Å²) in [6.07, 6.45) is 3.47. The number of benzene rings is 1. The van der Waals surface area contributed by atoms with Crippen LogP contribution in [-0.2, 0) is 15.8 Å². The molecule has 3 heterocycles. The normalized spacial score (nSPS) is 15.7. The fraction of sp³-hybridized carbons (Fsp3) is 0.294. The van der Waals surface area contributed by atoms with E-state index in [2.05, 4.69) is 10.2 Å². The SMILES string of the molecule is O=S(=O)(c1cccn2c(SCc3ccccc3F)nnc12)N1CCCC1. The Kier molecular flexibility index (Phi) is 4.68. The molecular weight excluding hydrogens is 375 g/mol. The molecule has 4 rings (SSSR count). The molecule has 1 saturated heterocycles. The number of thioether (sulfide) groups is 1. The van der Waals surface area contributed by atoms with Crippen molar-refractivity contribution >= 4 is 27.4 Å². The summed E-state index contributed by atoms with van der Waals surface area (Å²) in [6.45, 7) is 1.07. The Balaban J connectivity index is 1.66. The second-order valence-corrected chi connectivity index (χ2v) is 8.89. The minimum atomic E-state index is -3.59. The predicted molar refractivity (Wildman–Crippen MR) is 96.9 cm³/mol. The molecule has 0 amide bonds. The third kappa shape index (κ3) is 3.10. The maximum atomic E-state index is 13.8. The van der Waals surface area contributed by atoms with Crippen molar-refractivity contribution in [1.29, 1.82) is 0 Å². The zero-order valence-corrected chi connectivity index (χ0v) is 15.5. The van der Waals surface area contributed by atoms with Crippen molar-refractivity contribution in [3.05, 3.63) is 54.0 Å². The summed E-state index contributed by atoms with van der Waals surface area (Å²) >= 11 is 1.32. The summed E-state index contributed by atoms with van der Waals surface area (Å²) in [5, 5.41) is 8.72. The zero-order chi connectivity index (χ0) is 18.1. The van der Waals surface area contributed by atoms with Crippen molar-refractivity contribution in [2.75, 3.05) is 13.1 Å². The van der Waals surface area contributed by atoms with Crippen molar-refractivity contribution in [2.24, 2.45) is 0 Å². The summed E-state index contributed by atoms with van der Waals surface area (Å²) in [4.78, 5) is 0.159. The van der Waals surface area contributed by atoms with Gasteiger partial charge >= 0.3 is 0 Å². The second-order valence-electron chi connectivity index (χ2n) is 6.04. The van der Waals surface area contributed by atoms with Crippen LogP contribution in [-0.4, -0.2) is 40.4 Å². The van der Waals surface area contributed by atoms with Crippen LogP contribution in [0.5, 0.6) is 0 Å². The fourth-order valence-electron chi connectivity index (χ4n) is 3.00. The first-order chi connectivity index (χ1) is 12.6. The lowest BCUT2D eigenvalue weighted by atomic mass is 10.2. The van der Waals surface area contributed by atoms with Gasteiger partial charge in [-0.3, -0.25) is 4.40 Å². The highest BCUT2D eigenvalue weighted by molar-refractivity contribution is 7.98. The van der Waals surface area contributed by atoms with Gasteiger partial charge in [-0.25, -0.2) is 12.8 Å². The zero-order valence-electron chi connectivity index (χ0n) is 13.9. The van der Waals surface area contributed by atoms with E-state index < -0.39 is 10.0 Å². The first kappa shape index (κ1) is 17.4. The Labute approximate surface area is 155 Å². The predicted octanol–water partition coefficient (Wildman–Crippen LogP) is 2.95. The molecular formula is C17H17FN4O2S2. The summed E-state index contributed by atoms with van der Waals surface area (Å²) in [7, 11) is -3.59. The van der Waals surface area contributed by atoms with Gasteiger partial charge in [0.25, 0.3) is 0 Å². The highest BCUT2D eigenvalue weighted by Crippen LogP contribution is 2.27. The first-order valence-corrected chi connectivity index (χ1v) is 10.7. The number of aromatic nitrogens is 3. The van der Waals surface area contributed by atoms with Gasteiger partial charge in [0.05, 0.1) is 0 Å². The molecule has 0 bridgehead atoms. The van der Waals surface area contributed by atoms with Gasteiger partial charge in [0.15, 0.2) is 10.8 Å². The van der Waals surface area contributed by atoms with Crippen LogP contribution >= 0.6 is 11.8 Å². The number of nitrogens with zero attached hydrogens (tertiary/aromatic N) is 4. The molecule has 9 heteroatoms. The molecule has 0 atom stereocenters. The van der Waals surface area contributed by atoms with Crippen LogP contribution in [0.2, 0.25) is 0 Å². The minimum absolute atomic E-state index is 0.159. The van der Waals surface area contributed by atoms with Crippen molar-refractivity contribution in [3.8, 4) is 0 Å². The van der Waals surface area contributed by atoms with E-state index in [1.807, 2.05) is 0 Å². The van der Waals surface area contributed by atoms with Gasteiger partial charge in [0.2, 0.25) is 10.0 Å². The molecule has 0 radical (unpaired) electrons. The molecule has 3 aromatic rings. The van der Waals surface area contributed by atoms with Gasteiger partial charge in [0.1, 0.15) is 10.7 Å². The summed E-state index contributed by atoms with van der Waals surface area (Å²) in [5.74, 6) is 0.113. The van der Waals surface area contributed by atoms with E-state index >= 15 is 0 Å². The summed E-state index contributed by atoms with van der Waals surface area (Å²) in [6, 6.07) is 9.79. The van der Waals surface area contributed by atoms with Crippen molar-refractivity contribution < 1.29 is 12.8 Å². The molecule has 1 aliphatic rings. The molecule has 6 nitrogen and oxygen atoms in total. The highest BCUT2D eigenvalue weighted by atomic mass is 32.2. The molecule has 0 unspecified atom stereocenters. The van der Waals surface area contributed by atoms with E-state index in [9.17, 15) is 12.8 Å². The Hall–Kier alpha value is -1.97. The van der Waals surface area contributed by atoms with E-state index in [1.54, 1.807) is 40.9 Å². The third-order valence-corrected chi connectivity index (χ3v) is 7.28. The molecule has 0 spiro atoms. The van der Waals surface area contributed by atoms with Crippen LogP contribution in [0.4, 0.5) is 4.39 Å². The average molecular weight is 392 g/mol. The standard InChI is InChI=1S/C17H17FN4O2S2/c18-14-7-2-1-6-13(14)12-25-17-20-19-16-15(8-5-11-22(16)17)26(23,24)21-9-3-4-10-21/h1-2,5-8,11H,3-4,9-10,12H2. The van der Waals surface area contributed by atoms with Gasteiger partial charge in [-0.2, -0.15) is 4.31 Å². The number of pyridine rings is 1. The van der Waals surface area contributed by atoms with E-state index in [4.69, 9.17) is 0 Å². The van der Waals surface area contributed by atoms with E-state index in [0.717, 1.165) is 12.8 Å². The molecule has 26 heavy (non-hydrogen) atoms. The van der Waals surface area contributed by atoms with Crippen LogP contribution in [0.25, 0.3) is 5.65 Å². The molecule has 1 fully saturated rings. The molecule has 136 valence electrons. The molecule has 2 aromatic heterocycles. The first-order valence-electron chi connectivity index (χ1n) is 8.27. The van der Waals surface area contributed by atoms with Crippen LogP contribution in [0, 0.1) is 5.82 Å². The fourth-order valence-corrected chi connectivity index (χ4v) is 5.54. The molecule has 0 aliphatic carbocycles. The lowest BCUT2D eigenvalue weighted by molar-refractivity contribution is 0.478. The van der Waals surface area contributed by atoms with Gasteiger partial charge < -0.3 is 0 Å². The largest absolute Gasteiger partial charge is 0.276 e. The Morgan fingerprint density at radius 2 is 1.85 bits per heavy atom. The quantitative estimate of drug-likeness (QED) is 0.625. The number of hydrogen-bond donors (Lipinski definition) is 0. The summed E-state index contributed by atoms with van der Waals surface area (Å²) in [5.41, 5.74) is 0.866. The lowest BCUT2D eigenvalue weighted by Gasteiger charge is -2.15. The lowest BCUT2D eigenvalue weighted by Crippen LogP contribution is -2.28. The van der Waals surface area contributed by atoms with Gasteiger partial charge in [-0.05, 0) is 36.6 Å². The Morgan fingerprint density at radius 3 is 2.62 bits per heavy atom. The molecule has 1 aromatic carbocycles. The van der Waals surface area contributed by atoms with Crippen LogP contribution in [0.1, 0.15) is 18.4 Å². The van der Waals surface area contributed by atoms with Gasteiger partial charge in [0, 0.05) is 25.0 Å². The highest BCUT2D eigenvalue weighted by Gasteiger charge is 2.30. The van der Waals surface area contributed by atoms with Crippen molar-refractivity contribution in [3.63, 3.8) is 0 Å². The molecule has 0 N–H and O–H groups in total. The number of hydrogen-bond acceptors (Lipinski definition) is 5. The maximum absolute atomic E-state index is 13.8. The number of fused-ring (bicyclic) bond motifs is 1. The third-order valence-electron chi connectivity index (χ3n) is 4.37. The van der Waals surface area contributed by atoms with E-state index in [1.165, 1.54) is 22.1 Å². The van der Waals surface area contributed by atoms with Crippen LogP contribution < -0.4 is 0 Å². The van der Waals surface area contributed by atoms with Crippen molar-refractivity contribution in [1.82, 2.24) is 18.9 Å². The molecule has 0 saturated carbocycles. The van der Waals surface area contributed by atoms with Crippen LogP contribution in [0.3, 0.4) is 0 Å². The summed E-state index contributed by atoms with van der Waals surface area (Å²) < 4.78 is 42.7. The van der Waals surface area contributed by atoms with Gasteiger partial charge in [-0.1, -0.05) is 30.0 Å². The number of halogens is 1. The van der Waals surface area contributed by atoms with Gasteiger partial charge in [-0.15, -0.1) is 10.2 Å². The Morgan fingerprint density at radius 1 is 1.08 bits per heavy atom. The van der Waals surface area contributed by atoms with Crippen molar-refractivity contribution in [2.45, 2.75) is 28.6 Å². The number of rotatable bonds is 5. The minimum Gasteiger partial charge on any atom is -0.276 e. The Bertz CT molecular complexity index is 1050. The van der Waals surface area contributed by atoms with E-state index in [-0.39, 0.29) is 10.7 Å². The maximum Gasteiger partial charge on any atom is 0.246 e. The molecule has 1 aliphatic heterocycles. The monoisotopic (exact) mass is 392 g/mol. The topological polar surface area (TPSA) is 67.6 Å². The smallest absolute Gasteiger partial charge is 0.246 e. The van der Waals surface area contributed by atoms with E-state index in [0.29, 0.717) is 35.2 Å².